The molecule has 29 heavy (non-hydrogen) atoms. The fourth-order valence-electron chi connectivity index (χ4n) is 3.59. The number of rotatable bonds is 6. The van der Waals surface area contributed by atoms with Crippen molar-refractivity contribution in [3.63, 3.8) is 0 Å². The monoisotopic (exact) mass is 415 g/mol. The Balaban J connectivity index is 1.69. The molecular weight excluding hydrogens is 386 g/mol. The third-order valence-electron chi connectivity index (χ3n) is 5.52. The zero-order chi connectivity index (χ0) is 21.2. The highest BCUT2D eigenvalue weighted by atomic mass is 32.2. The molecule has 0 saturated heterocycles. The lowest BCUT2D eigenvalue weighted by atomic mass is 9.89. The number of fused-ring (bicyclic) bond motifs is 1. The van der Waals surface area contributed by atoms with Gasteiger partial charge in [-0.05, 0) is 73.6 Å². The number of benzene rings is 2. The summed E-state index contributed by atoms with van der Waals surface area (Å²) in [5.41, 5.74) is 4.91. The first-order valence-electron chi connectivity index (χ1n) is 9.89. The molecule has 2 aromatic rings. The molecule has 0 aliphatic heterocycles. The van der Waals surface area contributed by atoms with Crippen LogP contribution in [0.4, 0.5) is 5.69 Å². The fraction of sp³-hybridized carbons (Fsp3) is 0.409. The van der Waals surface area contributed by atoms with Crippen LogP contribution in [0.5, 0.6) is 0 Å². The van der Waals surface area contributed by atoms with Gasteiger partial charge in [-0.1, -0.05) is 18.2 Å². The van der Waals surface area contributed by atoms with E-state index in [2.05, 4.69) is 23.5 Å². The van der Waals surface area contributed by atoms with Crippen LogP contribution >= 0.6 is 0 Å². The van der Waals surface area contributed by atoms with Crippen molar-refractivity contribution in [1.29, 1.82) is 0 Å². The Hall–Kier alpha value is -2.38. The maximum absolute atomic E-state index is 12.7. The van der Waals surface area contributed by atoms with Gasteiger partial charge in [0.1, 0.15) is 0 Å². The molecule has 0 spiro atoms. The first-order chi connectivity index (χ1) is 13.7. The summed E-state index contributed by atoms with van der Waals surface area (Å²) in [6, 6.07) is 13.0. The third-order valence-corrected chi connectivity index (χ3v) is 7.35. The standard InChI is InChI=1S/C22H29N3O3S/c1-16(19-10-9-17-7-5-6-8-20(17)15-19)23-22(26)18-11-13-21(14-12-18)25(4)29(27,28)24(2)3/h9-16H,5-8H2,1-4H3,(H,23,26). The Morgan fingerprint density at radius 1 is 0.966 bits per heavy atom. The average molecular weight is 416 g/mol. The predicted molar refractivity (Wildman–Crippen MR) is 116 cm³/mol. The summed E-state index contributed by atoms with van der Waals surface area (Å²) in [7, 11) is 0.893. The molecule has 1 aliphatic carbocycles. The molecule has 0 aromatic heterocycles. The zero-order valence-electron chi connectivity index (χ0n) is 17.5. The summed E-state index contributed by atoms with van der Waals surface area (Å²) in [6.07, 6.45) is 4.72. The quantitative estimate of drug-likeness (QED) is 0.787. The molecule has 7 heteroatoms. The van der Waals surface area contributed by atoms with E-state index in [1.54, 1.807) is 24.3 Å². The van der Waals surface area contributed by atoms with Crippen molar-refractivity contribution < 1.29 is 13.2 Å². The van der Waals surface area contributed by atoms with Gasteiger partial charge >= 0.3 is 10.2 Å². The summed E-state index contributed by atoms with van der Waals surface area (Å²) in [5.74, 6) is -0.181. The minimum Gasteiger partial charge on any atom is -0.346 e. The minimum absolute atomic E-state index is 0.105. The fourth-order valence-corrected chi connectivity index (χ4v) is 4.46. The van der Waals surface area contributed by atoms with Gasteiger partial charge in [0, 0.05) is 26.7 Å². The van der Waals surface area contributed by atoms with Gasteiger partial charge in [-0.3, -0.25) is 9.10 Å². The topological polar surface area (TPSA) is 69.7 Å². The summed E-state index contributed by atoms with van der Waals surface area (Å²) >= 11 is 0. The van der Waals surface area contributed by atoms with Crippen molar-refractivity contribution in [2.75, 3.05) is 25.4 Å². The maximum Gasteiger partial charge on any atom is 0.303 e. The first kappa shape index (κ1) is 21.3. The lowest BCUT2D eigenvalue weighted by Crippen LogP contribution is -2.37. The van der Waals surface area contributed by atoms with Crippen molar-refractivity contribution in [1.82, 2.24) is 9.62 Å². The van der Waals surface area contributed by atoms with Crippen LogP contribution in [0.15, 0.2) is 42.5 Å². The molecule has 0 fully saturated rings. The average Bonchev–Trinajstić information content (AvgIpc) is 2.72. The number of nitrogens with one attached hydrogen (secondary N) is 1. The van der Waals surface area contributed by atoms with E-state index >= 15 is 0 Å². The number of carbonyl (C=O) groups excluding carboxylic acids is 1. The molecule has 1 atom stereocenters. The Labute approximate surface area is 173 Å². The van der Waals surface area contributed by atoms with E-state index in [9.17, 15) is 13.2 Å². The number of aryl methyl sites for hydroxylation is 2. The number of amides is 1. The SMILES string of the molecule is CC(NC(=O)c1ccc(N(C)S(=O)(=O)N(C)C)cc1)c1ccc2c(c1)CCCC2. The van der Waals surface area contributed by atoms with Crippen LogP contribution in [0.1, 0.15) is 52.9 Å². The summed E-state index contributed by atoms with van der Waals surface area (Å²) in [6.45, 7) is 1.98. The van der Waals surface area contributed by atoms with Crippen LogP contribution in [0, 0.1) is 0 Å². The maximum atomic E-state index is 12.7. The van der Waals surface area contributed by atoms with Gasteiger partial charge in [0.25, 0.3) is 5.91 Å². The van der Waals surface area contributed by atoms with Gasteiger partial charge in [-0.2, -0.15) is 12.7 Å². The highest BCUT2D eigenvalue weighted by molar-refractivity contribution is 7.90. The van der Waals surface area contributed by atoms with Crippen LogP contribution in [0.3, 0.4) is 0 Å². The van der Waals surface area contributed by atoms with E-state index < -0.39 is 10.2 Å². The summed E-state index contributed by atoms with van der Waals surface area (Å²) in [4.78, 5) is 12.7. The molecule has 6 nitrogen and oxygen atoms in total. The van der Waals surface area contributed by atoms with Crippen molar-refractivity contribution in [3.8, 4) is 0 Å². The lowest BCUT2D eigenvalue weighted by molar-refractivity contribution is 0.0940. The smallest absolute Gasteiger partial charge is 0.303 e. The Morgan fingerprint density at radius 3 is 2.21 bits per heavy atom. The molecular formula is C22H29N3O3S. The lowest BCUT2D eigenvalue weighted by Gasteiger charge is -2.23. The van der Waals surface area contributed by atoms with E-state index in [-0.39, 0.29) is 11.9 Å². The number of hydrogen-bond donors (Lipinski definition) is 1. The Kier molecular flexibility index (Phi) is 6.29. The number of nitrogens with zero attached hydrogens (tertiary/aromatic N) is 2. The van der Waals surface area contributed by atoms with E-state index in [1.165, 1.54) is 49.4 Å². The summed E-state index contributed by atoms with van der Waals surface area (Å²) < 4.78 is 26.8. The van der Waals surface area contributed by atoms with Gasteiger partial charge in [0.2, 0.25) is 0 Å². The second kappa shape index (κ2) is 8.55. The first-order valence-corrected chi connectivity index (χ1v) is 11.3. The third kappa shape index (κ3) is 4.62. The normalized spacial score (nSPS) is 14.9. The van der Waals surface area contributed by atoms with E-state index in [1.807, 2.05) is 6.92 Å². The van der Waals surface area contributed by atoms with Gasteiger partial charge < -0.3 is 5.32 Å². The van der Waals surface area contributed by atoms with E-state index in [0.717, 1.165) is 22.7 Å². The van der Waals surface area contributed by atoms with E-state index in [4.69, 9.17) is 0 Å². The molecule has 0 bridgehead atoms. The molecule has 1 amide bonds. The van der Waals surface area contributed by atoms with Crippen molar-refractivity contribution in [2.45, 2.75) is 38.6 Å². The molecule has 156 valence electrons. The Morgan fingerprint density at radius 2 is 1.59 bits per heavy atom. The molecule has 2 aromatic carbocycles. The van der Waals surface area contributed by atoms with Crippen LogP contribution in [0.25, 0.3) is 0 Å². The van der Waals surface area contributed by atoms with Gasteiger partial charge in [0.15, 0.2) is 0 Å². The minimum atomic E-state index is -3.56. The molecule has 1 N–H and O–H groups in total. The molecule has 0 saturated carbocycles. The second-order valence-corrected chi connectivity index (χ2v) is 9.91. The van der Waals surface area contributed by atoms with E-state index in [0.29, 0.717) is 11.3 Å². The van der Waals surface area contributed by atoms with Gasteiger partial charge in [-0.15, -0.1) is 0 Å². The largest absolute Gasteiger partial charge is 0.346 e. The molecule has 3 rings (SSSR count). The van der Waals surface area contributed by atoms with Crippen molar-refractivity contribution in [3.05, 3.63) is 64.7 Å². The van der Waals surface area contributed by atoms with Gasteiger partial charge in [-0.25, -0.2) is 0 Å². The van der Waals surface area contributed by atoms with Crippen molar-refractivity contribution in [2.24, 2.45) is 0 Å². The number of anilines is 1. The van der Waals surface area contributed by atoms with Crippen LogP contribution in [-0.4, -0.2) is 39.8 Å². The van der Waals surface area contributed by atoms with Crippen molar-refractivity contribution >= 4 is 21.8 Å². The Bertz CT molecular complexity index is 985. The van der Waals surface area contributed by atoms with Gasteiger partial charge in [0.05, 0.1) is 11.7 Å². The zero-order valence-corrected chi connectivity index (χ0v) is 18.3. The number of hydrogen-bond acceptors (Lipinski definition) is 3. The van der Waals surface area contributed by atoms with Crippen LogP contribution < -0.4 is 9.62 Å². The molecule has 0 radical (unpaired) electrons. The van der Waals surface area contributed by atoms with Crippen LogP contribution in [0.2, 0.25) is 0 Å². The second-order valence-electron chi connectivity index (χ2n) is 7.73. The molecule has 1 unspecified atom stereocenters. The van der Waals surface area contributed by atoms with Crippen LogP contribution in [-0.2, 0) is 23.1 Å². The predicted octanol–water partition coefficient (Wildman–Crippen LogP) is 3.30. The number of carbonyl (C=O) groups is 1. The highest BCUT2D eigenvalue weighted by Crippen LogP contribution is 2.25. The highest BCUT2D eigenvalue weighted by Gasteiger charge is 2.21. The summed E-state index contributed by atoms with van der Waals surface area (Å²) in [5, 5.41) is 3.04. The molecule has 0 heterocycles. The molecule has 1 aliphatic rings.